The Hall–Kier alpha value is -2.49. The molecule has 2 rings (SSSR count). The fourth-order valence-electron chi connectivity index (χ4n) is 1.97. The van der Waals surface area contributed by atoms with Gasteiger partial charge in [0.15, 0.2) is 11.5 Å². The van der Waals surface area contributed by atoms with Crippen LogP contribution in [0.3, 0.4) is 0 Å². The molecule has 2 aromatic rings. The third-order valence-corrected chi connectivity index (χ3v) is 3.22. The van der Waals surface area contributed by atoms with Gasteiger partial charge in [-0.25, -0.2) is 0 Å². The Bertz CT molecular complexity index is 620. The van der Waals surface area contributed by atoms with Gasteiger partial charge in [-0.2, -0.15) is 0 Å². The molecule has 0 bridgehead atoms. The molecule has 0 unspecified atom stereocenters. The van der Waals surface area contributed by atoms with E-state index in [2.05, 4.69) is 5.32 Å². The van der Waals surface area contributed by atoms with Crippen molar-refractivity contribution in [2.75, 3.05) is 14.2 Å². The van der Waals surface area contributed by atoms with E-state index >= 15 is 0 Å². The van der Waals surface area contributed by atoms with Crippen LogP contribution in [-0.4, -0.2) is 20.1 Å². The summed E-state index contributed by atoms with van der Waals surface area (Å²) in [5.41, 5.74) is 2.80. The van der Waals surface area contributed by atoms with Crippen LogP contribution in [0.4, 0.5) is 0 Å². The lowest BCUT2D eigenvalue weighted by Gasteiger charge is -2.10. The molecule has 4 heteroatoms. The number of rotatable bonds is 5. The molecule has 1 N–H and O–H groups in total. The van der Waals surface area contributed by atoms with Gasteiger partial charge in [0.1, 0.15) is 0 Å². The van der Waals surface area contributed by atoms with Gasteiger partial charge in [-0.15, -0.1) is 0 Å². The van der Waals surface area contributed by atoms with Crippen LogP contribution in [0.15, 0.2) is 42.5 Å². The number of hydrogen-bond acceptors (Lipinski definition) is 3. The van der Waals surface area contributed by atoms with Crippen molar-refractivity contribution in [1.29, 1.82) is 0 Å². The highest BCUT2D eigenvalue weighted by molar-refractivity contribution is 5.94. The summed E-state index contributed by atoms with van der Waals surface area (Å²) in [6, 6.07) is 13.2. The number of carbonyl (C=O) groups excluding carboxylic acids is 1. The van der Waals surface area contributed by atoms with Crippen molar-refractivity contribution < 1.29 is 14.3 Å². The summed E-state index contributed by atoms with van der Waals surface area (Å²) in [5.74, 6) is 1.00. The molecule has 1 amide bonds. The highest BCUT2D eigenvalue weighted by Crippen LogP contribution is 2.27. The topological polar surface area (TPSA) is 47.6 Å². The number of amides is 1. The SMILES string of the molecule is COc1ccc(C(=O)NCc2ccc(C)cc2)cc1OC. The molecule has 2 aromatic carbocycles. The van der Waals surface area contributed by atoms with Gasteiger partial charge in [-0.1, -0.05) is 29.8 Å². The third kappa shape index (κ3) is 3.75. The summed E-state index contributed by atoms with van der Waals surface area (Å²) in [6.07, 6.45) is 0. The van der Waals surface area contributed by atoms with Crippen LogP contribution in [0.2, 0.25) is 0 Å². The Morgan fingerprint density at radius 3 is 2.29 bits per heavy atom. The summed E-state index contributed by atoms with van der Waals surface area (Å²) in [6.45, 7) is 2.53. The molecule has 0 aromatic heterocycles. The highest BCUT2D eigenvalue weighted by atomic mass is 16.5. The number of carbonyl (C=O) groups is 1. The van der Waals surface area contributed by atoms with E-state index in [-0.39, 0.29) is 5.91 Å². The van der Waals surface area contributed by atoms with Gasteiger partial charge in [-0.05, 0) is 30.7 Å². The van der Waals surface area contributed by atoms with Crippen molar-refractivity contribution in [2.45, 2.75) is 13.5 Å². The van der Waals surface area contributed by atoms with Crippen LogP contribution in [-0.2, 0) is 6.54 Å². The predicted octanol–water partition coefficient (Wildman–Crippen LogP) is 2.94. The van der Waals surface area contributed by atoms with Crippen molar-refractivity contribution in [2.24, 2.45) is 0 Å². The Morgan fingerprint density at radius 2 is 1.67 bits per heavy atom. The number of aryl methyl sites for hydroxylation is 1. The lowest BCUT2D eigenvalue weighted by Crippen LogP contribution is -2.22. The summed E-state index contributed by atoms with van der Waals surface area (Å²) in [5, 5.41) is 2.89. The molecule has 0 aliphatic heterocycles. The zero-order valence-corrected chi connectivity index (χ0v) is 12.5. The molecule has 0 spiro atoms. The Balaban J connectivity index is 2.04. The van der Waals surface area contributed by atoms with E-state index in [1.165, 1.54) is 5.56 Å². The Morgan fingerprint density at radius 1 is 1.00 bits per heavy atom. The quantitative estimate of drug-likeness (QED) is 0.918. The normalized spacial score (nSPS) is 10.0. The van der Waals surface area contributed by atoms with E-state index < -0.39 is 0 Å². The van der Waals surface area contributed by atoms with Crippen molar-refractivity contribution in [3.63, 3.8) is 0 Å². The zero-order chi connectivity index (χ0) is 15.2. The minimum absolute atomic E-state index is 0.142. The monoisotopic (exact) mass is 285 g/mol. The summed E-state index contributed by atoms with van der Waals surface area (Å²) in [4.78, 5) is 12.1. The maximum Gasteiger partial charge on any atom is 0.251 e. The molecule has 21 heavy (non-hydrogen) atoms. The van der Waals surface area contributed by atoms with Crippen molar-refractivity contribution in [1.82, 2.24) is 5.32 Å². The first-order valence-electron chi connectivity index (χ1n) is 6.70. The van der Waals surface area contributed by atoms with Gasteiger partial charge in [0, 0.05) is 12.1 Å². The average molecular weight is 285 g/mol. The number of methoxy groups -OCH3 is 2. The van der Waals surface area contributed by atoms with Crippen LogP contribution in [0.5, 0.6) is 11.5 Å². The van der Waals surface area contributed by atoms with Crippen molar-refractivity contribution in [3.05, 3.63) is 59.2 Å². The third-order valence-electron chi connectivity index (χ3n) is 3.22. The van der Waals surface area contributed by atoms with E-state index in [1.54, 1.807) is 32.4 Å². The van der Waals surface area contributed by atoms with Gasteiger partial charge < -0.3 is 14.8 Å². The second-order valence-electron chi connectivity index (χ2n) is 4.74. The molecular weight excluding hydrogens is 266 g/mol. The molecule has 110 valence electrons. The lowest BCUT2D eigenvalue weighted by atomic mass is 10.1. The summed E-state index contributed by atoms with van der Waals surface area (Å²) < 4.78 is 10.4. The Kier molecular flexibility index (Phi) is 4.82. The van der Waals surface area contributed by atoms with Gasteiger partial charge in [0.05, 0.1) is 14.2 Å². The Labute approximate surface area is 124 Å². The van der Waals surface area contributed by atoms with Gasteiger partial charge >= 0.3 is 0 Å². The van der Waals surface area contributed by atoms with Gasteiger partial charge in [-0.3, -0.25) is 4.79 Å². The molecule has 0 atom stereocenters. The van der Waals surface area contributed by atoms with E-state index in [9.17, 15) is 4.79 Å². The molecule has 0 aliphatic carbocycles. The van der Waals surface area contributed by atoms with Gasteiger partial charge in [0.2, 0.25) is 0 Å². The minimum atomic E-state index is -0.142. The largest absolute Gasteiger partial charge is 0.493 e. The van der Waals surface area contributed by atoms with Crippen molar-refractivity contribution in [3.8, 4) is 11.5 Å². The number of hydrogen-bond donors (Lipinski definition) is 1. The van der Waals surface area contributed by atoms with Crippen LogP contribution in [0, 0.1) is 6.92 Å². The van der Waals surface area contributed by atoms with E-state index in [1.807, 2.05) is 31.2 Å². The predicted molar refractivity (Wildman–Crippen MR) is 81.9 cm³/mol. The van der Waals surface area contributed by atoms with Crippen LogP contribution >= 0.6 is 0 Å². The van der Waals surface area contributed by atoms with Gasteiger partial charge in [0.25, 0.3) is 5.91 Å². The highest BCUT2D eigenvalue weighted by Gasteiger charge is 2.10. The molecule has 0 radical (unpaired) electrons. The first-order chi connectivity index (χ1) is 10.1. The zero-order valence-electron chi connectivity index (χ0n) is 12.5. The van der Waals surface area contributed by atoms with Crippen LogP contribution < -0.4 is 14.8 Å². The molecule has 0 aliphatic rings. The second kappa shape index (κ2) is 6.79. The number of ether oxygens (including phenoxy) is 2. The maximum absolute atomic E-state index is 12.1. The maximum atomic E-state index is 12.1. The number of nitrogens with one attached hydrogen (secondary N) is 1. The first kappa shape index (κ1) is 14.9. The standard InChI is InChI=1S/C17H19NO3/c1-12-4-6-13(7-5-12)11-18-17(19)14-8-9-15(20-2)16(10-14)21-3/h4-10H,11H2,1-3H3,(H,18,19). The molecule has 0 fully saturated rings. The van der Waals surface area contributed by atoms with E-state index in [4.69, 9.17) is 9.47 Å². The number of benzene rings is 2. The molecule has 4 nitrogen and oxygen atoms in total. The molecular formula is C17H19NO3. The molecule has 0 saturated carbocycles. The summed E-state index contributed by atoms with van der Waals surface area (Å²) >= 11 is 0. The fourth-order valence-corrected chi connectivity index (χ4v) is 1.97. The van der Waals surface area contributed by atoms with E-state index in [0.717, 1.165) is 5.56 Å². The minimum Gasteiger partial charge on any atom is -0.493 e. The lowest BCUT2D eigenvalue weighted by molar-refractivity contribution is 0.0950. The smallest absolute Gasteiger partial charge is 0.251 e. The summed E-state index contributed by atoms with van der Waals surface area (Å²) in [7, 11) is 3.11. The van der Waals surface area contributed by atoms with E-state index in [0.29, 0.717) is 23.6 Å². The molecule has 0 heterocycles. The van der Waals surface area contributed by atoms with Crippen LogP contribution in [0.25, 0.3) is 0 Å². The first-order valence-corrected chi connectivity index (χ1v) is 6.70. The molecule has 0 saturated heterocycles. The van der Waals surface area contributed by atoms with Crippen molar-refractivity contribution >= 4 is 5.91 Å². The fraction of sp³-hybridized carbons (Fsp3) is 0.235. The van der Waals surface area contributed by atoms with Crippen LogP contribution in [0.1, 0.15) is 21.5 Å². The second-order valence-corrected chi connectivity index (χ2v) is 4.74. The average Bonchev–Trinajstić information content (AvgIpc) is 2.53.